The molecule has 21 heavy (non-hydrogen) atoms. The summed E-state index contributed by atoms with van der Waals surface area (Å²) in [4.78, 5) is 6.18. The zero-order valence-corrected chi connectivity index (χ0v) is 12.9. The monoisotopic (exact) mass is 294 g/mol. The fourth-order valence-corrected chi connectivity index (χ4v) is 4.24. The highest BCUT2D eigenvalue weighted by Crippen LogP contribution is 2.36. The van der Waals surface area contributed by atoms with Gasteiger partial charge in [-0.25, -0.2) is 0 Å². The van der Waals surface area contributed by atoms with Crippen molar-refractivity contribution in [3.05, 3.63) is 57.9 Å². The van der Waals surface area contributed by atoms with Gasteiger partial charge in [0.2, 0.25) is 0 Å². The largest absolute Gasteiger partial charge is 0.378 e. The summed E-state index contributed by atoms with van der Waals surface area (Å²) in [5.74, 6) is 0. The minimum Gasteiger partial charge on any atom is -0.378 e. The molecule has 1 unspecified atom stereocenters. The van der Waals surface area contributed by atoms with Crippen molar-refractivity contribution in [3.63, 3.8) is 0 Å². The van der Waals surface area contributed by atoms with Gasteiger partial charge in [0.05, 0.1) is 11.6 Å². The summed E-state index contributed by atoms with van der Waals surface area (Å²) in [6, 6.07) is 13.3. The highest BCUT2D eigenvalue weighted by atomic mass is 32.1. The number of benzene rings is 1. The first-order chi connectivity index (χ1) is 10.3. The van der Waals surface area contributed by atoms with Crippen LogP contribution in [0.5, 0.6) is 0 Å². The van der Waals surface area contributed by atoms with E-state index in [4.69, 9.17) is 0 Å². The molecule has 4 rings (SSSR count). The molecule has 0 fully saturated rings. The van der Waals surface area contributed by atoms with Crippen molar-refractivity contribution in [3.8, 4) is 0 Å². The van der Waals surface area contributed by atoms with E-state index >= 15 is 0 Å². The molecule has 0 saturated heterocycles. The maximum Gasteiger partial charge on any atom is 0.0725 e. The van der Waals surface area contributed by atoms with Crippen LogP contribution in [0.2, 0.25) is 0 Å². The van der Waals surface area contributed by atoms with Crippen molar-refractivity contribution >= 4 is 27.9 Å². The Hall–Kier alpha value is -1.87. The highest BCUT2D eigenvalue weighted by molar-refractivity contribution is 7.10. The third-order valence-electron chi connectivity index (χ3n) is 4.23. The molecule has 0 amide bonds. The molecule has 1 aliphatic rings. The van der Waals surface area contributed by atoms with E-state index < -0.39 is 0 Å². The molecule has 1 aromatic carbocycles. The summed E-state index contributed by atoms with van der Waals surface area (Å²) in [5.41, 5.74) is 4.84. The van der Waals surface area contributed by atoms with Gasteiger partial charge in [-0.15, -0.1) is 11.3 Å². The van der Waals surface area contributed by atoms with E-state index in [2.05, 4.69) is 59.0 Å². The molecule has 0 saturated carbocycles. The maximum absolute atomic E-state index is 4.63. The molecule has 3 aromatic rings. The standard InChI is InChI=1S/C18H18N2S/c1-12-11-17(13-5-2-3-6-15(13)19-12)20-16-7-4-8-18-14(16)9-10-21-18/h2-3,5-6,9-11,16H,4,7-8H2,1H3,(H,19,20). The van der Waals surface area contributed by atoms with Crippen LogP contribution in [0.25, 0.3) is 10.9 Å². The van der Waals surface area contributed by atoms with Crippen molar-refractivity contribution < 1.29 is 0 Å². The van der Waals surface area contributed by atoms with Crippen LogP contribution in [0.1, 0.15) is 35.0 Å². The molecule has 0 bridgehead atoms. The summed E-state index contributed by atoms with van der Waals surface area (Å²) in [5, 5.41) is 7.21. The van der Waals surface area contributed by atoms with Crippen LogP contribution in [-0.2, 0) is 6.42 Å². The number of aromatic nitrogens is 1. The van der Waals surface area contributed by atoms with Gasteiger partial charge in [-0.3, -0.25) is 4.98 Å². The fraction of sp³-hybridized carbons (Fsp3) is 0.278. The number of hydrogen-bond acceptors (Lipinski definition) is 3. The van der Waals surface area contributed by atoms with E-state index in [1.807, 2.05) is 11.3 Å². The number of nitrogens with one attached hydrogen (secondary N) is 1. The summed E-state index contributed by atoms with van der Waals surface area (Å²) in [7, 11) is 0. The Balaban J connectivity index is 1.76. The predicted octanol–water partition coefficient (Wildman–Crippen LogP) is 5.09. The van der Waals surface area contributed by atoms with Gasteiger partial charge in [-0.05, 0) is 55.3 Å². The predicted molar refractivity (Wildman–Crippen MR) is 90.1 cm³/mol. The first-order valence-electron chi connectivity index (χ1n) is 7.50. The third-order valence-corrected chi connectivity index (χ3v) is 5.22. The summed E-state index contributed by atoms with van der Waals surface area (Å²) < 4.78 is 0. The lowest BCUT2D eigenvalue weighted by Gasteiger charge is -2.25. The van der Waals surface area contributed by atoms with Gasteiger partial charge >= 0.3 is 0 Å². The average molecular weight is 294 g/mol. The van der Waals surface area contributed by atoms with Gasteiger partial charge in [0.1, 0.15) is 0 Å². The number of fused-ring (bicyclic) bond motifs is 2. The van der Waals surface area contributed by atoms with Crippen LogP contribution in [0, 0.1) is 6.92 Å². The van der Waals surface area contributed by atoms with Crippen LogP contribution in [0.15, 0.2) is 41.8 Å². The Morgan fingerprint density at radius 1 is 1.24 bits per heavy atom. The van der Waals surface area contributed by atoms with Crippen LogP contribution in [-0.4, -0.2) is 4.98 Å². The van der Waals surface area contributed by atoms with E-state index in [1.54, 1.807) is 4.88 Å². The van der Waals surface area contributed by atoms with Gasteiger partial charge in [-0.2, -0.15) is 0 Å². The number of aryl methyl sites for hydroxylation is 2. The molecule has 106 valence electrons. The second-order valence-corrected chi connectivity index (χ2v) is 6.72. The minimum atomic E-state index is 0.435. The molecule has 2 nitrogen and oxygen atoms in total. The highest BCUT2D eigenvalue weighted by Gasteiger charge is 2.21. The lowest BCUT2D eigenvalue weighted by atomic mass is 9.93. The number of rotatable bonds is 2. The Bertz CT molecular complexity index is 791. The first kappa shape index (κ1) is 12.8. The maximum atomic E-state index is 4.63. The second kappa shape index (κ2) is 5.15. The van der Waals surface area contributed by atoms with E-state index in [9.17, 15) is 0 Å². The number of pyridine rings is 1. The van der Waals surface area contributed by atoms with Gasteiger partial charge in [-0.1, -0.05) is 18.2 Å². The van der Waals surface area contributed by atoms with Crippen molar-refractivity contribution in [1.82, 2.24) is 4.98 Å². The lowest BCUT2D eigenvalue weighted by Crippen LogP contribution is -2.16. The molecule has 2 heterocycles. The van der Waals surface area contributed by atoms with Gasteiger partial charge in [0.25, 0.3) is 0 Å². The summed E-state index contributed by atoms with van der Waals surface area (Å²) in [6.07, 6.45) is 3.72. The van der Waals surface area contributed by atoms with Crippen LogP contribution >= 0.6 is 11.3 Å². The Kier molecular flexibility index (Phi) is 3.15. The third kappa shape index (κ3) is 2.32. The molecular weight excluding hydrogens is 276 g/mol. The van der Waals surface area contributed by atoms with E-state index in [-0.39, 0.29) is 0 Å². The molecule has 0 radical (unpaired) electrons. The molecule has 1 N–H and O–H groups in total. The molecule has 3 heteroatoms. The van der Waals surface area contributed by atoms with Crippen LogP contribution in [0.3, 0.4) is 0 Å². The van der Waals surface area contributed by atoms with Crippen LogP contribution < -0.4 is 5.32 Å². The van der Waals surface area contributed by atoms with Crippen molar-refractivity contribution in [2.45, 2.75) is 32.2 Å². The number of hydrogen-bond donors (Lipinski definition) is 1. The van der Waals surface area contributed by atoms with E-state index in [0.29, 0.717) is 6.04 Å². The van der Waals surface area contributed by atoms with Crippen molar-refractivity contribution in [2.75, 3.05) is 5.32 Å². The molecule has 0 spiro atoms. The van der Waals surface area contributed by atoms with E-state index in [0.717, 1.165) is 11.2 Å². The minimum absolute atomic E-state index is 0.435. The zero-order chi connectivity index (χ0) is 14.2. The van der Waals surface area contributed by atoms with Crippen molar-refractivity contribution in [1.29, 1.82) is 0 Å². The fourth-order valence-electron chi connectivity index (χ4n) is 3.25. The van der Waals surface area contributed by atoms with E-state index in [1.165, 1.54) is 35.9 Å². The molecule has 1 aliphatic carbocycles. The number of para-hydroxylation sites is 1. The lowest BCUT2D eigenvalue weighted by molar-refractivity contribution is 0.609. The number of thiophene rings is 1. The summed E-state index contributed by atoms with van der Waals surface area (Å²) in [6.45, 7) is 2.06. The number of anilines is 1. The van der Waals surface area contributed by atoms with Gasteiger partial charge in [0.15, 0.2) is 0 Å². The smallest absolute Gasteiger partial charge is 0.0725 e. The first-order valence-corrected chi connectivity index (χ1v) is 8.38. The quantitative estimate of drug-likeness (QED) is 0.711. The molecule has 0 aliphatic heterocycles. The Morgan fingerprint density at radius 2 is 2.14 bits per heavy atom. The second-order valence-electron chi connectivity index (χ2n) is 5.72. The zero-order valence-electron chi connectivity index (χ0n) is 12.1. The molecule has 2 aromatic heterocycles. The average Bonchev–Trinajstić information content (AvgIpc) is 2.96. The topological polar surface area (TPSA) is 24.9 Å². The van der Waals surface area contributed by atoms with Crippen LogP contribution in [0.4, 0.5) is 5.69 Å². The molecule has 1 atom stereocenters. The van der Waals surface area contributed by atoms with Gasteiger partial charge in [0, 0.05) is 21.6 Å². The Morgan fingerprint density at radius 3 is 3.10 bits per heavy atom. The summed E-state index contributed by atoms with van der Waals surface area (Å²) >= 11 is 1.89. The SMILES string of the molecule is Cc1cc(NC2CCCc3sccc32)c2ccccc2n1. The van der Waals surface area contributed by atoms with Crippen molar-refractivity contribution in [2.24, 2.45) is 0 Å². The number of nitrogens with zero attached hydrogens (tertiary/aromatic N) is 1. The Labute approximate surface area is 128 Å². The normalized spacial score (nSPS) is 17.7. The van der Waals surface area contributed by atoms with Gasteiger partial charge < -0.3 is 5.32 Å². The molecular formula is C18H18N2S.